The molecule has 0 aromatic carbocycles. The van der Waals surface area contributed by atoms with Crippen LogP contribution in [0.1, 0.15) is 15.9 Å². The minimum Gasteiger partial charge on any atom is -0.462 e. The van der Waals surface area contributed by atoms with E-state index in [-0.39, 0.29) is 20.7 Å². The van der Waals surface area contributed by atoms with Crippen LogP contribution in [0.5, 0.6) is 0 Å². The van der Waals surface area contributed by atoms with E-state index in [1.807, 2.05) is 0 Å². The number of carbonyl (C=O) groups is 1. The Hall–Kier alpha value is -0.630. The maximum atomic E-state index is 11.4. The van der Waals surface area contributed by atoms with Crippen molar-refractivity contribution in [2.45, 2.75) is 10.6 Å². The van der Waals surface area contributed by atoms with Crippen molar-refractivity contribution in [1.82, 2.24) is 0 Å². The van der Waals surface area contributed by atoms with Crippen LogP contribution in [0.15, 0.2) is 4.21 Å². The van der Waals surface area contributed by atoms with E-state index >= 15 is 0 Å². The molecule has 2 rings (SSSR count). The molecule has 0 fully saturated rings. The van der Waals surface area contributed by atoms with E-state index < -0.39 is 16.0 Å². The van der Waals surface area contributed by atoms with Crippen molar-refractivity contribution in [2.24, 2.45) is 5.14 Å². The van der Waals surface area contributed by atoms with Crippen molar-refractivity contribution in [3.05, 3.63) is 15.5 Å². The Morgan fingerprint density at radius 3 is 2.73 bits per heavy atom. The number of fused-ring (bicyclic) bond motifs is 1. The number of hydrogen-bond acceptors (Lipinski definition) is 5. The van der Waals surface area contributed by atoms with Gasteiger partial charge in [-0.2, -0.15) is 0 Å². The SMILES string of the molecule is NS(=O)(=O)c1sc(Cl)c2c1C(=O)OCC2. The van der Waals surface area contributed by atoms with E-state index in [9.17, 15) is 13.2 Å². The zero-order valence-electron chi connectivity index (χ0n) is 7.32. The average Bonchev–Trinajstić information content (AvgIpc) is 2.45. The van der Waals surface area contributed by atoms with Crippen molar-refractivity contribution in [3.8, 4) is 0 Å². The van der Waals surface area contributed by atoms with Crippen LogP contribution >= 0.6 is 22.9 Å². The van der Waals surface area contributed by atoms with Crippen LogP contribution in [0.25, 0.3) is 0 Å². The predicted molar refractivity (Wildman–Crippen MR) is 54.7 cm³/mol. The Labute approximate surface area is 94.8 Å². The van der Waals surface area contributed by atoms with E-state index in [0.717, 1.165) is 11.3 Å². The molecule has 1 aromatic rings. The summed E-state index contributed by atoms with van der Waals surface area (Å²) >= 11 is 6.62. The molecule has 82 valence electrons. The quantitative estimate of drug-likeness (QED) is 0.761. The molecule has 0 radical (unpaired) electrons. The Kier molecular flexibility index (Phi) is 2.50. The van der Waals surface area contributed by atoms with Crippen LogP contribution in [0.4, 0.5) is 0 Å². The molecule has 0 spiro atoms. The summed E-state index contributed by atoms with van der Waals surface area (Å²) in [6.07, 6.45) is 0.423. The fourth-order valence-electron chi connectivity index (χ4n) is 1.36. The molecule has 8 heteroatoms. The highest BCUT2D eigenvalue weighted by Gasteiger charge is 2.32. The molecular weight excluding hydrogens is 262 g/mol. The van der Waals surface area contributed by atoms with E-state index in [2.05, 4.69) is 0 Å². The van der Waals surface area contributed by atoms with E-state index in [1.54, 1.807) is 0 Å². The maximum absolute atomic E-state index is 11.4. The normalized spacial score (nSPS) is 16.0. The largest absolute Gasteiger partial charge is 0.462 e. The summed E-state index contributed by atoms with van der Waals surface area (Å²) in [7, 11) is -3.92. The minimum atomic E-state index is -3.92. The van der Waals surface area contributed by atoms with Gasteiger partial charge in [0, 0.05) is 12.0 Å². The van der Waals surface area contributed by atoms with Crippen LogP contribution in [0.2, 0.25) is 4.34 Å². The third kappa shape index (κ3) is 1.76. The van der Waals surface area contributed by atoms with Gasteiger partial charge >= 0.3 is 5.97 Å². The number of thiophene rings is 1. The third-order valence-electron chi connectivity index (χ3n) is 1.97. The van der Waals surface area contributed by atoms with Gasteiger partial charge in [0.1, 0.15) is 0 Å². The number of rotatable bonds is 1. The Morgan fingerprint density at radius 1 is 1.47 bits per heavy atom. The molecular formula is C7H6ClNO4S2. The van der Waals surface area contributed by atoms with Crippen LogP contribution in [-0.4, -0.2) is 21.0 Å². The lowest BCUT2D eigenvalue weighted by molar-refractivity contribution is 0.0477. The lowest BCUT2D eigenvalue weighted by atomic mass is 10.1. The van der Waals surface area contributed by atoms with Crippen molar-refractivity contribution in [3.63, 3.8) is 0 Å². The van der Waals surface area contributed by atoms with E-state index in [1.165, 1.54) is 0 Å². The molecule has 1 aromatic heterocycles. The molecule has 0 unspecified atom stereocenters. The average molecular weight is 268 g/mol. The Bertz CT molecular complexity index is 533. The monoisotopic (exact) mass is 267 g/mol. The summed E-state index contributed by atoms with van der Waals surface area (Å²) in [5.74, 6) is -0.677. The van der Waals surface area contributed by atoms with Crippen LogP contribution < -0.4 is 5.14 Å². The van der Waals surface area contributed by atoms with Gasteiger partial charge in [-0.25, -0.2) is 18.4 Å². The van der Waals surface area contributed by atoms with Gasteiger partial charge in [0.25, 0.3) is 0 Å². The summed E-state index contributed by atoms with van der Waals surface area (Å²) < 4.78 is 27.2. The standard InChI is InChI=1S/C7H6ClNO4S2/c8-5-3-1-2-13-6(10)4(3)7(14-5)15(9,11)12/h1-2H2,(H2,9,11,12). The number of primary sulfonamides is 1. The first-order valence-electron chi connectivity index (χ1n) is 3.92. The van der Waals surface area contributed by atoms with Gasteiger partial charge in [-0.05, 0) is 0 Å². The lowest BCUT2D eigenvalue weighted by Gasteiger charge is -2.12. The topological polar surface area (TPSA) is 86.5 Å². The first kappa shape index (κ1) is 10.9. The summed E-state index contributed by atoms with van der Waals surface area (Å²) in [5, 5.41) is 4.97. The number of halogens is 1. The van der Waals surface area contributed by atoms with Gasteiger partial charge in [0.05, 0.1) is 16.5 Å². The third-order valence-corrected chi connectivity index (χ3v) is 4.92. The summed E-state index contributed by atoms with van der Waals surface area (Å²) in [5.41, 5.74) is 0.515. The van der Waals surface area contributed by atoms with Crippen LogP contribution in [0.3, 0.4) is 0 Å². The Balaban J connectivity index is 2.74. The first-order chi connectivity index (χ1) is 6.91. The highest BCUT2D eigenvalue weighted by atomic mass is 35.5. The maximum Gasteiger partial charge on any atom is 0.340 e. The van der Waals surface area contributed by atoms with Gasteiger partial charge in [-0.1, -0.05) is 11.6 Å². The summed E-state index contributed by atoms with van der Waals surface area (Å²) in [4.78, 5) is 11.4. The predicted octanol–water partition coefficient (Wildman–Crippen LogP) is 0.762. The van der Waals surface area contributed by atoms with Gasteiger partial charge in [0.2, 0.25) is 10.0 Å². The molecule has 0 bridgehead atoms. The number of esters is 1. The zero-order valence-corrected chi connectivity index (χ0v) is 9.71. The van der Waals surface area contributed by atoms with Gasteiger partial charge in [-0.15, -0.1) is 11.3 Å². The second-order valence-electron chi connectivity index (χ2n) is 2.95. The number of sulfonamides is 1. The molecule has 15 heavy (non-hydrogen) atoms. The minimum absolute atomic E-state index is 0.00116. The second kappa shape index (κ2) is 3.44. The number of hydrogen-bond donors (Lipinski definition) is 1. The Morgan fingerprint density at radius 2 is 2.13 bits per heavy atom. The molecule has 5 nitrogen and oxygen atoms in total. The molecule has 0 saturated carbocycles. The van der Waals surface area contributed by atoms with E-state index in [0.29, 0.717) is 12.0 Å². The molecule has 2 heterocycles. The van der Waals surface area contributed by atoms with Crippen molar-refractivity contribution < 1.29 is 17.9 Å². The summed E-state index contributed by atoms with van der Waals surface area (Å²) in [6.45, 7) is 0.215. The fourth-order valence-corrected chi connectivity index (χ4v) is 3.93. The number of ether oxygens (including phenoxy) is 1. The molecule has 1 aliphatic rings. The molecule has 2 N–H and O–H groups in total. The van der Waals surface area contributed by atoms with Gasteiger partial charge in [0.15, 0.2) is 4.21 Å². The van der Waals surface area contributed by atoms with Crippen LogP contribution in [-0.2, 0) is 21.2 Å². The lowest BCUT2D eigenvalue weighted by Crippen LogP contribution is -2.21. The second-order valence-corrected chi connectivity index (χ2v) is 6.33. The van der Waals surface area contributed by atoms with Crippen molar-refractivity contribution in [1.29, 1.82) is 0 Å². The van der Waals surface area contributed by atoms with Crippen LogP contribution in [0, 0.1) is 0 Å². The van der Waals surface area contributed by atoms with Gasteiger partial charge in [-0.3, -0.25) is 0 Å². The number of nitrogens with two attached hydrogens (primary N) is 1. The first-order valence-corrected chi connectivity index (χ1v) is 6.66. The highest BCUT2D eigenvalue weighted by Crippen LogP contribution is 2.37. The van der Waals surface area contributed by atoms with Crippen molar-refractivity contribution >= 4 is 38.9 Å². The number of carbonyl (C=O) groups excluding carboxylic acids is 1. The number of cyclic esters (lactones) is 1. The highest BCUT2D eigenvalue weighted by molar-refractivity contribution is 7.91. The fraction of sp³-hybridized carbons (Fsp3) is 0.286. The van der Waals surface area contributed by atoms with E-state index in [4.69, 9.17) is 21.5 Å². The smallest absolute Gasteiger partial charge is 0.340 e. The zero-order chi connectivity index (χ0) is 11.2. The molecule has 0 aliphatic carbocycles. The molecule has 0 saturated heterocycles. The summed E-state index contributed by atoms with van der Waals surface area (Å²) in [6, 6.07) is 0. The van der Waals surface area contributed by atoms with Crippen molar-refractivity contribution in [2.75, 3.05) is 6.61 Å². The molecule has 1 aliphatic heterocycles. The molecule has 0 atom stereocenters. The van der Waals surface area contributed by atoms with Gasteiger partial charge < -0.3 is 4.74 Å². The molecule has 0 amide bonds.